The van der Waals surface area contributed by atoms with E-state index in [1.807, 2.05) is 12.1 Å². The van der Waals surface area contributed by atoms with Crippen LogP contribution in [0, 0.1) is 11.8 Å². The van der Waals surface area contributed by atoms with Gasteiger partial charge in [0, 0.05) is 4.47 Å². The smallest absolute Gasteiger partial charge is 0.0608 e. The van der Waals surface area contributed by atoms with E-state index in [9.17, 15) is 5.11 Å². The first kappa shape index (κ1) is 16.0. The van der Waals surface area contributed by atoms with Crippen molar-refractivity contribution in [3.63, 3.8) is 0 Å². The molecule has 2 heteroatoms. The van der Waals surface area contributed by atoms with Gasteiger partial charge in [0.1, 0.15) is 0 Å². The summed E-state index contributed by atoms with van der Waals surface area (Å²) in [4.78, 5) is 0. The molecule has 1 atom stereocenters. The van der Waals surface area contributed by atoms with Gasteiger partial charge in [-0.15, -0.1) is 0 Å². The molecule has 0 radical (unpaired) electrons. The maximum absolute atomic E-state index is 10.5. The molecule has 0 spiro atoms. The van der Waals surface area contributed by atoms with Crippen LogP contribution in [-0.4, -0.2) is 11.2 Å². The second-order valence-electron chi connectivity index (χ2n) is 6.32. The molecule has 2 rings (SSSR count). The van der Waals surface area contributed by atoms with E-state index < -0.39 is 0 Å². The summed E-state index contributed by atoms with van der Waals surface area (Å²) in [6, 6.07) is 8.32. The molecule has 1 aliphatic rings. The maximum atomic E-state index is 10.5. The molecule has 1 unspecified atom stereocenters. The molecule has 0 aliphatic heterocycles. The molecule has 0 amide bonds. The zero-order chi connectivity index (χ0) is 14.4. The van der Waals surface area contributed by atoms with E-state index in [1.54, 1.807) is 0 Å². The van der Waals surface area contributed by atoms with Crippen LogP contribution < -0.4 is 0 Å². The Morgan fingerprint density at radius 2 is 2.00 bits per heavy atom. The average Bonchev–Trinajstić information content (AvgIpc) is 2.45. The van der Waals surface area contributed by atoms with E-state index in [-0.39, 0.29) is 6.10 Å². The summed E-state index contributed by atoms with van der Waals surface area (Å²) in [5.41, 5.74) is 1.24. The summed E-state index contributed by atoms with van der Waals surface area (Å²) in [7, 11) is 0. The zero-order valence-corrected chi connectivity index (χ0v) is 14.1. The van der Waals surface area contributed by atoms with E-state index in [1.165, 1.54) is 50.5 Å². The van der Waals surface area contributed by atoms with Gasteiger partial charge in [-0.2, -0.15) is 0 Å². The van der Waals surface area contributed by atoms with Gasteiger partial charge in [-0.25, -0.2) is 0 Å². The highest BCUT2D eigenvalue weighted by Gasteiger charge is 2.26. The molecule has 1 aromatic rings. The quantitative estimate of drug-likeness (QED) is 0.741. The van der Waals surface area contributed by atoms with E-state index in [0.29, 0.717) is 5.92 Å². The minimum atomic E-state index is -0.170. The second-order valence-corrected chi connectivity index (χ2v) is 7.24. The number of hydrogen-bond donors (Lipinski definition) is 1. The SMILES string of the molecule is CCCCC1CCC(C(O)Cc2cccc(Br)c2)CC1. The van der Waals surface area contributed by atoms with Crippen molar-refractivity contribution in [2.45, 2.75) is 64.4 Å². The Labute approximate surface area is 131 Å². The number of benzene rings is 1. The third-order valence-electron chi connectivity index (χ3n) is 4.74. The number of rotatable bonds is 6. The Balaban J connectivity index is 1.78. The Hall–Kier alpha value is -0.340. The van der Waals surface area contributed by atoms with Gasteiger partial charge in [0.05, 0.1) is 6.10 Å². The van der Waals surface area contributed by atoms with Crippen molar-refractivity contribution in [2.75, 3.05) is 0 Å². The van der Waals surface area contributed by atoms with Crippen molar-refractivity contribution in [1.82, 2.24) is 0 Å². The first-order valence-electron chi connectivity index (χ1n) is 8.11. The maximum Gasteiger partial charge on any atom is 0.0608 e. The van der Waals surface area contributed by atoms with Gasteiger partial charge >= 0.3 is 0 Å². The normalized spacial score (nSPS) is 24.6. The van der Waals surface area contributed by atoms with Crippen LogP contribution in [0.4, 0.5) is 0 Å². The zero-order valence-electron chi connectivity index (χ0n) is 12.5. The number of aliphatic hydroxyl groups is 1. The molecular weight excluding hydrogens is 312 g/mol. The van der Waals surface area contributed by atoms with Crippen molar-refractivity contribution in [2.24, 2.45) is 11.8 Å². The second kappa shape index (κ2) is 8.19. The number of unbranched alkanes of at least 4 members (excludes halogenated alkanes) is 1. The van der Waals surface area contributed by atoms with Crippen LogP contribution >= 0.6 is 15.9 Å². The Kier molecular flexibility index (Phi) is 6.57. The fourth-order valence-electron chi connectivity index (χ4n) is 3.43. The minimum Gasteiger partial charge on any atom is -0.392 e. The summed E-state index contributed by atoms with van der Waals surface area (Å²) in [6.45, 7) is 2.27. The average molecular weight is 339 g/mol. The topological polar surface area (TPSA) is 20.2 Å². The van der Waals surface area contributed by atoms with Crippen LogP contribution in [0.25, 0.3) is 0 Å². The lowest BCUT2D eigenvalue weighted by Gasteiger charge is -2.31. The molecule has 112 valence electrons. The highest BCUT2D eigenvalue weighted by molar-refractivity contribution is 9.10. The lowest BCUT2D eigenvalue weighted by atomic mass is 9.76. The molecule has 1 aliphatic carbocycles. The summed E-state index contributed by atoms with van der Waals surface area (Å²) in [5.74, 6) is 1.43. The molecule has 0 heterocycles. The van der Waals surface area contributed by atoms with Crippen molar-refractivity contribution >= 4 is 15.9 Å². The molecule has 1 fully saturated rings. The minimum absolute atomic E-state index is 0.170. The van der Waals surface area contributed by atoms with Gasteiger partial charge in [-0.1, -0.05) is 67.1 Å². The summed E-state index contributed by atoms with van der Waals surface area (Å²) >= 11 is 3.50. The molecule has 0 saturated heterocycles. The third-order valence-corrected chi connectivity index (χ3v) is 5.23. The third kappa shape index (κ3) is 4.89. The van der Waals surface area contributed by atoms with Crippen molar-refractivity contribution < 1.29 is 5.11 Å². The van der Waals surface area contributed by atoms with Gasteiger partial charge in [-0.3, -0.25) is 0 Å². The standard InChI is InChI=1S/C18H27BrO/c1-2-3-5-14-8-10-16(11-9-14)18(20)13-15-6-4-7-17(19)12-15/h4,6-7,12,14,16,18,20H,2-3,5,8-11,13H2,1H3. The molecular formula is C18H27BrO. The Morgan fingerprint density at radius 1 is 1.25 bits per heavy atom. The van der Waals surface area contributed by atoms with Crippen LogP contribution in [0.2, 0.25) is 0 Å². The largest absolute Gasteiger partial charge is 0.392 e. The summed E-state index contributed by atoms with van der Waals surface area (Å²) < 4.78 is 1.10. The molecule has 1 nitrogen and oxygen atoms in total. The lowest BCUT2D eigenvalue weighted by molar-refractivity contribution is 0.0726. The fourth-order valence-corrected chi connectivity index (χ4v) is 3.87. The van der Waals surface area contributed by atoms with E-state index in [0.717, 1.165) is 16.8 Å². The van der Waals surface area contributed by atoms with E-state index in [4.69, 9.17) is 0 Å². The predicted molar refractivity (Wildman–Crippen MR) is 88.8 cm³/mol. The molecule has 1 saturated carbocycles. The highest BCUT2D eigenvalue weighted by Crippen LogP contribution is 2.34. The molecule has 20 heavy (non-hydrogen) atoms. The van der Waals surface area contributed by atoms with Crippen LogP contribution in [-0.2, 0) is 6.42 Å². The van der Waals surface area contributed by atoms with Gasteiger partial charge in [0.25, 0.3) is 0 Å². The van der Waals surface area contributed by atoms with Crippen LogP contribution in [0.5, 0.6) is 0 Å². The molecule has 0 bridgehead atoms. The van der Waals surface area contributed by atoms with Crippen molar-refractivity contribution in [3.05, 3.63) is 34.3 Å². The van der Waals surface area contributed by atoms with E-state index >= 15 is 0 Å². The Morgan fingerprint density at radius 3 is 2.65 bits per heavy atom. The Bertz CT molecular complexity index is 396. The van der Waals surface area contributed by atoms with Gasteiger partial charge < -0.3 is 5.11 Å². The monoisotopic (exact) mass is 338 g/mol. The van der Waals surface area contributed by atoms with Crippen LogP contribution in [0.3, 0.4) is 0 Å². The molecule has 1 N–H and O–H groups in total. The van der Waals surface area contributed by atoms with Crippen LogP contribution in [0.15, 0.2) is 28.7 Å². The molecule has 0 aromatic heterocycles. The van der Waals surface area contributed by atoms with Gasteiger partial charge in [0.15, 0.2) is 0 Å². The van der Waals surface area contributed by atoms with Crippen molar-refractivity contribution in [3.8, 4) is 0 Å². The fraction of sp³-hybridized carbons (Fsp3) is 0.667. The summed E-state index contributed by atoms with van der Waals surface area (Å²) in [6.07, 6.45) is 9.76. The lowest BCUT2D eigenvalue weighted by Crippen LogP contribution is -2.27. The van der Waals surface area contributed by atoms with E-state index in [2.05, 4.69) is 35.0 Å². The van der Waals surface area contributed by atoms with Crippen molar-refractivity contribution in [1.29, 1.82) is 0 Å². The number of aliphatic hydroxyl groups excluding tert-OH is 1. The van der Waals surface area contributed by atoms with Gasteiger partial charge in [0.2, 0.25) is 0 Å². The summed E-state index contributed by atoms with van der Waals surface area (Å²) in [5, 5.41) is 10.5. The van der Waals surface area contributed by atoms with Gasteiger partial charge in [-0.05, 0) is 48.8 Å². The highest BCUT2D eigenvalue weighted by atomic mass is 79.9. The first-order chi connectivity index (χ1) is 9.69. The first-order valence-corrected chi connectivity index (χ1v) is 8.91. The predicted octanol–water partition coefficient (Wildman–Crippen LogP) is 5.35. The molecule has 1 aromatic carbocycles. The number of halogens is 1. The van der Waals surface area contributed by atoms with Crippen LogP contribution in [0.1, 0.15) is 57.4 Å². The number of hydrogen-bond acceptors (Lipinski definition) is 1.